The van der Waals surface area contributed by atoms with Crippen LogP contribution in [-0.4, -0.2) is 65.6 Å². The zero-order chi connectivity index (χ0) is 19.2. The zero-order valence-corrected chi connectivity index (χ0v) is 18.4. The third-order valence-electron chi connectivity index (χ3n) is 6.53. The second-order valence-electron chi connectivity index (χ2n) is 8.68. The third kappa shape index (κ3) is 5.12. The first-order valence-corrected chi connectivity index (χ1v) is 12.9. The van der Waals surface area contributed by atoms with Gasteiger partial charge in [-0.1, -0.05) is 19.3 Å². The van der Waals surface area contributed by atoms with Crippen LogP contribution in [0.15, 0.2) is 0 Å². The van der Waals surface area contributed by atoms with Crippen LogP contribution < -0.4 is 10.2 Å². The van der Waals surface area contributed by atoms with Gasteiger partial charge in [-0.25, -0.2) is 4.98 Å². The number of aromatic nitrogens is 2. The molecule has 0 saturated carbocycles. The number of anilines is 2. The summed E-state index contributed by atoms with van der Waals surface area (Å²) < 4.78 is 0. The first-order chi connectivity index (χ1) is 13.8. The Balaban J connectivity index is 1.52. The van der Waals surface area contributed by atoms with Crippen LogP contribution in [-0.2, 0) is 12.8 Å². The molecule has 1 aromatic heterocycles. The average molecular weight is 404 g/mol. The molecule has 1 unspecified atom stereocenters. The van der Waals surface area contributed by atoms with Crippen LogP contribution >= 0.6 is 11.8 Å². The van der Waals surface area contributed by atoms with Crippen LogP contribution in [0.5, 0.6) is 0 Å². The second-order valence-corrected chi connectivity index (χ2v) is 9.67. The molecule has 2 aliphatic heterocycles. The molecule has 0 bridgehead atoms. The maximum absolute atomic E-state index is 5.12. The van der Waals surface area contributed by atoms with E-state index < -0.39 is 0 Å². The summed E-state index contributed by atoms with van der Waals surface area (Å²) in [5, 5.41) is 3.72. The Bertz CT molecular complexity index is 630. The van der Waals surface area contributed by atoms with Crippen molar-refractivity contribution in [1.29, 1.82) is 0 Å². The molecule has 1 aliphatic carbocycles. The molecule has 0 aromatic carbocycles. The van der Waals surface area contributed by atoms with E-state index in [1.54, 1.807) is 0 Å². The van der Waals surface area contributed by atoms with Crippen molar-refractivity contribution >= 4 is 23.5 Å². The van der Waals surface area contributed by atoms with Crippen molar-refractivity contribution in [2.45, 2.75) is 70.3 Å². The van der Waals surface area contributed by atoms with Crippen molar-refractivity contribution in [3.63, 3.8) is 0 Å². The van der Waals surface area contributed by atoms with Gasteiger partial charge in [-0.05, 0) is 51.2 Å². The molecule has 4 rings (SSSR count). The number of hydrogen-bond donors (Lipinski definition) is 1. The lowest BCUT2D eigenvalue weighted by Gasteiger charge is -2.26. The highest BCUT2D eigenvalue weighted by Gasteiger charge is 2.25. The van der Waals surface area contributed by atoms with E-state index in [0.717, 1.165) is 38.4 Å². The number of hydrogen-bond acceptors (Lipinski definition) is 6. The van der Waals surface area contributed by atoms with Crippen molar-refractivity contribution in [2.75, 3.05) is 54.9 Å². The minimum absolute atomic E-state index is 0.489. The quantitative estimate of drug-likeness (QED) is 0.725. The van der Waals surface area contributed by atoms with Gasteiger partial charge in [-0.3, -0.25) is 0 Å². The molecule has 3 aliphatic rings. The molecule has 5 nitrogen and oxygen atoms in total. The second kappa shape index (κ2) is 10.1. The standard InChI is InChI=1S/C22H37N5S/c1-28-16-15-26-14-11-18(17-26)23-22-24-20-10-6-4-5-9-19(20)21(25-22)27-12-7-2-3-8-13-27/h18H,2-17H2,1H3,(H,23,24,25). The van der Waals surface area contributed by atoms with Crippen molar-refractivity contribution in [3.05, 3.63) is 11.3 Å². The molecule has 6 heteroatoms. The van der Waals surface area contributed by atoms with Crippen molar-refractivity contribution in [2.24, 2.45) is 0 Å². The number of likely N-dealkylation sites (tertiary alicyclic amines) is 1. The first kappa shape index (κ1) is 20.3. The smallest absolute Gasteiger partial charge is 0.225 e. The number of fused-ring (bicyclic) bond motifs is 1. The molecular weight excluding hydrogens is 366 g/mol. The van der Waals surface area contributed by atoms with E-state index >= 15 is 0 Å². The predicted molar refractivity (Wildman–Crippen MR) is 121 cm³/mol. The summed E-state index contributed by atoms with van der Waals surface area (Å²) in [6, 6.07) is 0.489. The highest BCUT2D eigenvalue weighted by molar-refractivity contribution is 7.98. The first-order valence-electron chi connectivity index (χ1n) is 11.5. The molecular formula is C22H37N5S. The van der Waals surface area contributed by atoms with Gasteiger partial charge in [-0.15, -0.1) is 0 Å². The monoisotopic (exact) mass is 403 g/mol. The average Bonchev–Trinajstić information content (AvgIpc) is 2.91. The Hall–Kier alpha value is -1.01. The Kier molecular flexibility index (Phi) is 7.35. The van der Waals surface area contributed by atoms with Gasteiger partial charge in [0.05, 0.1) is 5.69 Å². The van der Waals surface area contributed by atoms with E-state index in [1.807, 2.05) is 11.8 Å². The number of rotatable bonds is 6. The Morgan fingerprint density at radius 2 is 1.75 bits per heavy atom. The van der Waals surface area contributed by atoms with Gasteiger partial charge in [0.25, 0.3) is 0 Å². The summed E-state index contributed by atoms with van der Waals surface area (Å²) in [6.07, 6.45) is 14.9. The van der Waals surface area contributed by atoms with Gasteiger partial charge < -0.3 is 15.1 Å². The maximum Gasteiger partial charge on any atom is 0.225 e. The third-order valence-corrected chi connectivity index (χ3v) is 7.12. The van der Waals surface area contributed by atoms with Crippen LogP contribution in [0.1, 0.15) is 62.6 Å². The summed E-state index contributed by atoms with van der Waals surface area (Å²) in [5.74, 6) is 3.37. The lowest BCUT2D eigenvalue weighted by molar-refractivity contribution is 0.359. The van der Waals surface area contributed by atoms with E-state index in [0.29, 0.717) is 6.04 Å². The molecule has 2 fully saturated rings. The summed E-state index contributed by atoms with van der Waals surface area (Å²) in [6.45, 7) is 5.84. The van der Waals surface area contributed by atoms with E-state index in [9.17, 15) is 0 Å². The lowest BCUT2D eigenvalue weighted by atomic mass is 10.1. The molecule has 1 aromatic rings. The van der Waals surface area contributed by atoms with Crippen LogP contribution in [0.25, 0.3) is 0 Å². The van der Waals surface area contributed by atoms with Gasteiger partial charge in [0.1, 0.15) is 5.82 Å². The highest BCUT2D eigenvalue weighted by atomic mass is 32.2. The number of aryl methyl sites for hydroxylation is 1. The van der Waals surface area contributed by atoms with Gasteiger partial charge >= 0.3 is 0 Å². The highest BCUT2D eigenvalue weighted by Crippen LogP contribution is 2.30. The van der Waals surface area contributed by atoms with E-state index in [2.05, 4.69) is 21.4 Å². The van der Waals surface area contributed by atoms with Crippen molar-refractivity contribution in [3.8, 4) is 0 Å². The van der Waals surface area contributed by atoms with Gasteiger partial charge in [0.2, 0.25) is 5.95 Å². The summed E-state index contributed by atoms with van der Waals surface area (Å²) in [7, 11) is 0. The zero-order valence-electron chi connectivity index (χ0n) is 17.6. The Labute approximate surface area is 175 Å². The van der Waals surface area contributed by atoms with Crippen LogP contribution in [0.2, 0.25) is 0 Å². The fourth-order valence-electron chi connectivity index (χ4n) is 4.92. The molecule has 0 radical (unpaired) electrons. The molecule has 1 N–H and O–H groups in total. The predicted octanol–water partition coefficient (Wildman–Crippen LogP) is 3.98. The normalized spacial score (nSPS) is 23.9. The van der Waals surface area contributed by atoms with Crippen LogP contribution in [0, 0.1) is 0 Å². The Morgan fingerprint density at radius 1 is 0.964 bits per heavy atom. The minimum Gasteiger partial charge on any atom is -0.356 e. The lowest BCUT2D eigenvalue weighted by Crippen LogP contribution is -2.30. The topological polar surface area (TPSA) is 44.3 Å². The Morgan fingerprint density at radius 3 is 2.57 bits per heavy atom. The van der Waals surface area contributed by atoms with Crippen LogP contribution in [0.3, 0.4) is 0 Å². The van der Waals surface area contributed by atoms with E-state index in [1.165, 1.54) is 87.3 Å². The number of nitrogens with zero attached hydrogens (tertiary/aromatic N) is 4. The maximum atomic E-state index is 5.12. The van der Waals surface area contributed by atoms with Gasteiger partial charge in [-0.2, -0.15) is 16.7 Å². The molecule has 1 atom stereocenters. The fourth-order valence-corrected chi connectivity index (χ4v) is 5.36. The number of thioether (sulfide) groups is 1. The molecule has 28 heavy (non-hydrogen) atoms. The molecule has 3 heterocycles. The fraction of sp³-hybridized carbons (Fsp3) is 0.818. The SMILES string of the molecule is CSCCN1CCC(Nc2nc3c(c(N4CCCCCC4)n2)CCCCC3)C1. The van der Waals surface area contributed by atoms with E-state index in [4.69, 9.17) is 9.97 Å². The number of nitrogens with one attached hydrogen (secondary N) is 1. The van der Waals surface area contributed by atoms with Crippen molar-refractivity contribution < 1.29 is 0 Å². The molecule has 0 spiro atoms. The van der Waals surface area contributed by atoms with E-state index in [-0.39, 0.29) is 0 Å². The summed E-state index contributed by atoms with van der Waals surface area (Å²) in [5.41, 5.74) is 2.78. The summed E-state index contributed by atoms with van der Waals surface area (Å²) in [4.78, 5) is 15.3. The molecule has 0 amide bonds. The van der Waals surface area contributed by atoms with Gasteiger partial charge in [0.15, 0.2) is 0 Å². The molecule has 2 saturated heterocycles. The van der Waals surface area contributed by atoms with Gasteiger partial charge in [0, 0.05) is 50.1 Å². The summed E-state index contributed by atoms with van der Waals surface area (Å²) >= 11 is 1.94. The molecule has 156 valence electrons. The van der Waals surface area contributed by atoms with Crippen molar-refractivity contribution in [1.82, 2.24) is 14.9 Å². The largest absolute Gasteiger partial charge is 0.356 e. The minimum atomic E-state index is 0.489. The van der Waals surface area contributed by atoms with Crippen LogP contribution in [0.4, 0.5) is 11.8 Å².